The number of halogens is 1. The zero-order valence-corrected chi connectivity index (χ0v) is 10.8. The Labute approximate surface area is 101 Å². The average Bonchev–Trinajstić information content (AvgIpc) is 2.19. The van der Waals surface area contributed by atoms with Crippen LogP contribution in [0.25, 0.3) is 0 Å². The van der Waals surface area contributed by atoms with Crippen molar-refractivity contribution < 1.29 is 9.53 Å². The molecule has 0 saturated heterocycles. The van der Waals surface area contributed by atoms with E-state index < -0.39 is 0 Å². The van der Waals surface area contributed by atoms with Crippen LogP contribution in [0, 0.1) is 3.57 Å². The molecule has 0 spiro atoms. The van der Waals surface area contributed by atoms with Gasteiger partial charge in [-0.1, -0.05) is 6.04 Å². The van der Waals surface area contributed by atoms with Gasteiger partial charge in [0.05, 0.1) is 12.2 Å². The Morgan fingerprint density at radius 1 is 1.36 bits per heavy atom. The molecule has 4 heteroatoms. The maximum atomic E-state index is 11.4. The van der Waals surface area contributed by atoms with Crippen molar-refractivity contribution in [2.45, 2.75) is 12.5 Å². The quantitative estimate of drug-likeness (QED) is 0.369. The van der Waals surface area contributed by atoms with Crippen LogP contribution in [0.4, 0.5) is 0 Å². The lowest BCUT2D eigenvalue weighted by Crippen LogP contribution is -2.06. The highest BCUT2D eigenvalue weighted by Crippen LogP contribution is 2.08. The van der Waals surface area contributed by atoms with Gasteiger partial charge in [-0.05, 0) is 53.3 Å². The number of carbonyl (C=O) groups is 1. The molecule has 0 saturated carbocycles. The van der Waals surface area contributed by atoms with Crippen LogP contribution in [-0.4, -0.2) is 22.8 Å². The van der Waals surface area contributed by atoms with Crippen LogP contribution in [0.15, 0.2) is 24.3 Å². The Kier molecular flexibility index (Phi) is 5.17. The summed E-state index contributed by atoms with van der Waals surface area (Å²) in [5, 5.41) is 0. The van der Waals surface area contributed by atoms with Gasteiger partial charge in [0.1, 0.15) is 0 Å². The van der Waals surface area contributed by atoms with E-state index in [1.807, 2.05) is 12.1 Å². The van der Waals surface area contributed by atoms with Crippen molar-refractivity contribution in [3.63, 3.8) is 0 Å². The molecule has 3 radical (unpaired) electrons. The first-order valence-corrected chi connectivity index (χ1v) is 6.10. The molecule has 0 heterocycles. The first-order chi connectivity index (χ1) is 6.74. The lowest BCUT2D eigenvalue weighted by atomic mass is 10.2. The fourth-order valence-electron chi connectivity index (χ4n) is 0.906. The van der Waals surface area contributed by atoms with E-state index in [2.05, 4.69) is 32.8 Å². The topological polar surface area (TPSA) is 26.3 Å². The van der Waals surface area contributed by atoms with E-state index in [0.717, 1.165) is 16.0 Å². The first-order valence-electron chi connectivity index (χ1n) is 4.31. The molecule has 0 fully saturated rings. The third-order valence-corrected chi connectivity index (χ3v) is 2.71. The van der Waals surface area contributed by atoms with Gasteiger partial charge in [0.25, 0.3) is 0 Å². The fourth-order valence-corrected chi connectivity index (χ4v) is 1.41. The number of hydrogen-bond acceptors (Lipinski definition) is 2. The number of carbonyl (C=O) groups excluding carboxylic acids is 1. The van der Waals surface area contributed by atoms with Crippen molar-refractivity contribution in [2.75, 3.05) is 6.61 Å². The SMILES string of the molecule is O=C(OCCC[Si])c1ccc(I)cc1. The van der Waals surface area contributed by atoms with E-state index in [9.17, 15) is 4.79 Å². The zero-order chi connectivity index (χ0) is 10.4. The van der Waals surface area contributed by atoms with Crippen LogP contribution in [0.2, 0.25) is 6.04 Å². The molecule has 0 atom stereocenters. The van der Waals surface area contributed by atoms with E-state index >= 15 is 0 Å². The molecule has 0 aliphatic carbocycles. The van der Waals surface area contributed by atoms with Crippen molar-refractivity contribution in [1.29, 1.82) is 0 Å². The van der Waals surface area contributed by atoms with Gasteiger partial charge in [0.15, 0.2) is 0 Å². The Hall–Kier alpha value is -0.363. The van der Waals surface area contributed by atoms with Crippen LogP contribution >= 0.6 is 22.6 Å². The highest BCUT2D eigenvalue weighted by Gasteiger charge is 2.05. The second kappa shape index (κ2) is 6.18. The standard InChI is InChI=1S/C10H10IO2Si/c11-9-4-2-8(3-5-9)10(12)13-6-1-7-14/h2-5H,1,6-7H2. The Morgan fingerprint density at radius 2 is 2.00 bits per heavy atom. The highest BCUT2D eigenvalue weighted by atomic mass is 127. The molecule has 73 valence electrons. The second-order valence-corrected chi connectivity index (χ2v) is 4.49. The molecule has 14 heavy (non-hydrogen) atoms. The van der Waals surface area contributed by atoms with Gasteiger partial charge < -0.3 is 4.74 Å². The number of esters is 1. The lowest BCUT2D eigenvalue weighted by molar-refractivity contribution is 0.0505. The summed E-state index contributed by atoms with van der Waals surface area (Å²) in [6.45, 7) is 0.467. The van der Waals surface area contributed by atoms with Crippen molar-refractivity contribution in [3.8, 4) is 0 Å². The van der Waals surface area contributed by atoms with Gasteiger partial charge in [-0.15, -0.1) is 0 Å². The van der Waals surface area contributed by atoms with Crippen molar-refractivity contribution in [2.24, 2.45) is 0 Å². The van der Waals surface area contributed by atoms with E-state index in [0.29, 0.717) is 12.2 Å². The van der Waals surface area contributed by atoms with Gasteiger partial charge in [0, 0.05) is 13.8 Å². The normalized spacial score (nSPS) is 9.86. The molecule has 0 aliphatic heterocycles. The molecule has 0 unspecified atom stereocenters. The minimum absolute atomic E-state index is 0.249. The van der Waals surface area contributed by atoms with Crippen LogP contribution < -0.4 is 0 Å². The summed E-state index contributed by atoms with van der Waals surface area (Å²) in [5.41, 5.74) is 0.611. The Morgan fingerprint density at radius 3 is 2.57 bits per heavy atom. The smallest absolute Gasteiger partial charge is 0.338 e. The summed E-state index contributed by atoms with van der Waals surface area (Å²) in [4.78, 5) is 11.4. The minimum atomic E-state index is -0.249. The summed E-state index contributed by atoms with van der Waals surface area (Å²) in [5.74, 6) is -0.249. The second-order valence-electron chi connectivity index (χ2n) is 2.75. The van der Waals surface area contributed by atoms with Crippen LogP contribution in [-0.2, 0) is 4.74 Å². The monoisotopic (exact) mass is 317 g/mol. The average molecular weight is 317 g/mol. The highest BCUT2D eigenvalue weighted by molar-refractivity contribution is 14.1. The molecular weight excluding hydrogens is 307 g/mol. The van der Waals surface area contributed by atoms with Crippen molar-refractivity contribution >= 4 is 38.8 Å². The summed E-state index contributed by atoms with van der Waals surface area (Å²) in [6, 6.07) is 8.18. The molecule has 0 aliphatic rings. The molecule has 0 amide bonds. The van der Waals surface area contributed by atoms with E-state index in [1.165, 1.54) is 0 Å². The maximum Gasteiger partial charge on any atom is 0.338 e. The zero-order valence-electron chi connectivity index (χ0n) is 7.63. The van der Waals surface area contributed by atoms with Crippen LogP contribution in [0.3, 0.4) is 0 Å². The van der Waals surface area contributed by atoms with Crippen LogP contribution in [0.1, 0.15) is 16.8 Å². The summed E-state index contributed by atoms with van der Waals surface area (Å²) >= 11 is 2.20. The number of benzene rings is 1. The summed E-state index contributed by atoms with van der Waals surface area (Å²) in [6.07, 6.45) is 0.840. The van der Waals surface area contributed by atoms with E-state index in [1.54, 1.807) is 12.1 Å². The van der Waals surface area contributed by atoms with Gasteiger partial charge in [-0.3, -0.25) is 0 Å². The van der Waals surface area contributed by atoms with Crippen molar-refractivity contribution in [1.82, 2.24) is 0 Å². The van der Waals surface area contributed by atoms with Crippen molar-refractivity contribution in [3.05, 3.63) is 33.4 Å². The van der Waals surface area contributed by atoms with Gasteiger partial charge in [-0.25, -0.2) is 4.79 Å². The molecule has 2 nitrogen and oxygen atoms in total. The predicted molar refractivity (Wildman–Crippen MR) is 64.6 cm³/mol. The lowest BCUT2D eigenvalue weighted by Gasteiger charge is -2.03. The van der Waals surface area contributed by atoms with Gasteiger partial charge >= 0.3 is 5.97 Å². The summed E-state index contributed by atoms with van der Waals surface area (Å²) in [7, 11) is 3.32. The van der Waals surface area contributed by atoms with E-state index in [4.69, 9.17) is 4.74 Å². The molecule has 1 aromatic carbocycles. The van der Waals surface area contributed by atoms with Gasteiger partial charge in [-0.2, -0.15) is 0 Å². The number of hydrogen-bond donors (Lipinski definition) is 0. The third-order valence-electron chi connectivity index (χ3n) is 1.63. The predicted octanol–water partition coefficient (Wildman–Crippen LogP) is 2.42. The van der Waals surface area contributed by atoms with Gasteiger partial charge in [0.2, 0.25) is 0 Å². The molecule has 1 rings (SSSR count). The first kappa shape index (κ1) is 11.7. The number of rotatable bonds is 4. The molecule has 1 aromatic rings. The molecule has 0 aromatic heterocycles. The summed E-state index contributed by atoms with van der Waals surface area (Å²) < 4.78 is 6.15. The van der Waals surface area contributed by atoms with E-state index in [-0.39, 0.29) is 5.97 Å². The maximum absolute atomic E-state index is 11.4. The Balaban J connectivity index is 2.48. The fraction of sp³-hybridized carbons (Fsp3) is 0.300. The molecule has 0 bridgehead atoms. The molecule has 0 N–H and O–H groups in total. The van der Waals surface area contributed by atoms with Crippen LogP contribution in [0.5, 0.6) is 0 Å². The largest absolute Gasteiger partial charge is 0.462 e. The third kappa shape index (κ3) is 3.79. The Bertz CT molecular complexity index is 297. The minimum Gasteiger partial charge on any atom is -0.462 e. The number of ether oxygens (including phenoxy) is 1. The molecular formula is C10H10IO2Si.